The average Bonchev–Trinajstić information content (AvgIpc) is 2.27. The van der Waals surface area contributed by atoms with Gasteiger partial charge in [0.05, 0.1) is 7.11 Å². The molecule has 1 aromatic rings. The van der Waals surface area contributed by atoms with Crippen molar-refractivity contribution in [3.8, 4) is 5.75 Å². The minimum Gasteiger partial charge on any atom is -0.496 e. The Morgan fingerprint density at radius 3 is 2.56 bits per heavy atom. The molecule has 1 rings (SSSR count). The summed E-state index contributed by atoms with van der Waals surface area (Å²) < 4.78 is 5.25. The lowest BCUT2D eigenvalue weighted by Crippen LogP contribution is -2.48. The second-order valence-corrected chi connectivity index (χ2v) is 3.94. The molecule has 0 aromatic heterocycles. The number of hydrogen-bond acceptors (Lipinski definition) is 3. The minimum absolute atomic E-state index is 0.432. The van der Waals surface area contributed by atoms with E-state index in [9.17, 15) is 4.79 Å². The molecule has 0 heterocycles. The number of primary amides is 1. The van der Waals surface area contributed by atoms with Crippen LogP contribution in [0, 0.1) is 6.92 Å². The smallest absolute Gasteiger partial charge is 0.242 e. The van der Waals surface area contributed by atoms with Crippen LogP contribution in [-0.2, 0) is 10.3 Å². The number of likely N-dealkylation sites (N-methyl/N-ethyl adjacent to an activating group) is 1. The zero-order valence-corrected chi connectivity index (χ0v) is 10.1. The van der Waals surface area contributed by atoms with E-state index in [0.717, 1.165) is 11.1 Å². The molecule has 88 valence electrons. The van der Waals surface area contributed by atoms with Crippen molar-refractivity contribution in [3.63, 3.8) is 0 Å². The first kappa shape index (κ1) is 12.5. The molecule has 0 bridgehead atoms. The van der Waals surface area contributed by atoms with Crippen molar-refractivity contribution in [3.05, 3.63) is 29.3 Å². The summed E-state index contributed by atoms with van der Waals surface area (Å²) in [6.45, 7) is 3.70. The Labute approximate surface area is 95.8 Å². The second-order valence-electron chi connectivity index (χ2n) is 3.94. The standard InChI is InChI=1S/C12H18N2O2/c1-8-5-6-10(16-4)9(7-8)12(2,14-3)11(13)15/h5-7,14H,1-4H3,(H2,13,15). The van der Waals surface area contributed by atoms with Crippen molar-refractivity contribution in [2.24, 2.45) is 5.73 Å². The Morgan fingerprint density at radius 2 is 2.12 bits per heavy atom. The number of aryl methyl sites for hydroxylation is 1. The quantitative estimate of drug-likeness (QED) is 0.796. The molecule has 3 N–H and O–H groups in total. The van der Waals surface area contributed by atoms with Crippen LogP contribution in [0.25, 0.3) is 0 Å². The summed E-state index contributed by atoms with van der Waals surface area (Å²) in [6, 6.07) is 5.67. The number of nitrogens with two attached hydrogens (primary N) is 1. The Balaban J connectivity index is 3.39. The van der Waals surface area contributed by atoms with Gasteiger partial charge in [-0.05, 0) is 33.0 Å². The summed E-state index contributed by atoms with van der Waals surface area (Å²) in [4.78, 5) is 11.5. The highest BCUT2D eigenvalue weighted by Gasteiger charge is 2.34. The monoisotopic (exact) mass is 222 g/mol. The van der Waals surface area contributed by atoms with E-state index >= 15 is 0 Å². The number of benzene rings is 1. The molecule has 16 heavy (non-hydrogen) atoms. The van der Waals surface area contributed by atoms with Crippen LogP contribution in [0.4, 0.5) is 0 Å². The van der Waals surface area contributed by atoms with Gasteiger partial charge in [-0.3, -0.25) is 4.79 Å². The first-order chi connectivity index (χ1) is 7.45. The van der Waals surface area contributed by atoms with E-state index in [1.165, 1.54) is 0 Å². The molecule has 0 saturated carbocycles. The summed E-state index contributed by atoms with van der Waals surface area (Å²) in [5, 5.41) is 2.94. The molecule has 4 heteroatoms. The van der Waals surface area contributed by atoms with Crippen molar-refractivity contribution in [1.82, 2.24) is 5.32 Å². The third-order valence-corrected chi connectivity index (χ3v) is 2.89. The van der Waals surface area contributed by atoms with Gasteiger partial charge >= 0.3 is 0 Å². The molecule has 1 atom stereocenters. The minimum atomic E-state index is -0.919. The van der Waals surface area contributed by atoms with Crippen LogP contribution < -0.4 is 15.8 Å². The maximum absolute atomic E-state index is 11.5. The third-order valence-electron chi connectivity index (χ3n) is 2.89. The van der Waals surface area contributed by atoms with Crippen LogP contribution >= 0.6 is 0 Å². The van der Waals surface area contributed by atoms with E-state index in [1.807, 2.05) is 25.1 Å². The van der Waals surface area contributed by atoms with Crippen LogP contribution in [0.15, 0.2) is 18.2 Å². The van der Waals surface area contributed by atoms with E-state index in [1.54, 1.807) is 21.1 Å². The zero-order valence-electron chi connectivity index (χ0n) is 10.1. The average molecular weight is 222 g/mol. The number of amides is 1. The first-order valence-electron chi connectivity index (χ1n) is 5.09. The number of hydrogen-bond donors (Lipinski definition) is 2. The Bertz CT molecular complexity index is 404. The van der Waals surface area contributed by atoms with Gasteiger partial charge < -0.3 is 15.8 Å². The topological polar surface area (TPSA) is 64.3 Å². The predicted molar refractivity (Wildman–Crippen MR) is 63.3 cm³/mol. The highest BCUT2D eigenvalue weighted by atomic mass is 16.5. The number of carbonyl (C=O) groups is 1. The summed E-state index contributed by atoms with van der Waals surface area (Å²) in [6.07, 6.45) is 0. The van der Waals surface area contributed by atoms with E-state index in [0.29, 0.717) is 5.75 Å². The predicted octanol–water partition coefficient (Wildman–Crippen LogP) is 0.924. The first-order valence-corrected chi connectivity index (χ1v) is 5.09. The number of carbonyl (C=O) groups excluding carboxylic acids is 1. The maximum Gasteiger partial charge on any atom is 0.242 e. The van der Waals surface area contributed by atoms with Gasteiger partial charge in [-0.1, -0.05) is 11.6 Å². The summed E-state index contributed by atoms with van der Waals surface area (Å²) in [7, 11) is 3.28. The van der Waals surface area contributed by atoms with Gasteiger partial charge in [-0.15, -0.1) is 0 Å². The van der Waals surface area contributed by atoms with Crippen molar-refractivity contribution >= 4 is 5.91 Å². The molecule has 4 nitrogen and oxygen atoms in total. The number of rotatable bonds is 4. The highest BCUT2D eigenvalue weighted by Crippen LogP contribution is 2.30. The molecule has 0 aliphatic rings. The van der Waals surface area contributed by atoms with Crippen molar-refractivity contribution in [2.75, 3.05) is 14.2 Å². The summed E-state index contributed by atoms with van der Waals surface area (Å²) >= 11 is 0. The Hall–Kier alpha value is -1.55. The van der Waals surface area contributed by atoms with Crippen LogP contribution in [0.5, 0.6) is 5.75 Å². The fourth-order valence-corrected chi connectivity index (χ4v) is 1.60. The molecule has 0 radical (unpaired) electrons. The van der Waals surface area contributed by atoms with E-state index in [4.69, 9.17) is 10.5 Å². The molecular weight excluding hydrogens is 204 g/mol. The molecule has 0 aliphatic carbocycles. The second kappa shape index (κ2) is 4.53. The van der Waals surface area contributed by atoms with Gasteiger partial charge in [-0.2, -0.15) is 0 Å². The lowest BCUT2D eigenvalue weighted by Gasteiger charge is -2.28. The molecular formula is C12H18N2O2. The molecule has 0 saturated heterocycles. The SMILES string of the molecule is CNC(C)(C(N)=O)c1cc(C)ccc1OC. The number of methoxy groups -OCH3 is 1. The van der Waals surface area contributed by atoms with E-state index in [2.05, 4.69) is 5.32 Å². The largest absolute Gasteiger partial charge is 0.496 e. The molecule has 1 aromatic carbocycles. The normalized spacial score (nSPS) is 14.2. The summed E-state index contributed by atoms with van der Waals surface area (Å²) in [5.41, 5.74) is 6.32. The van der Waals surface area contributed by atoms with Crippen molar-refractivity contribution in [2.45, 2.75) is 19.4 Å². The van der Waals surface area contributed by atoms with Crippen LogP contribution in [0.1, 0.15) is 18.1 Å². The van der Waals surface area contributed by atoms with Crippen molar-refractivity contribution in [1.29, 1.82) is 0 Å². The lowest BCUT2D eigenvalue weighted by atomic mass is 9.89. The Kier molecular flexibility index (Phi) is 3.55. The Morgan fingerprint density at radius 1 is 1.50 bits per heavy atom. The van der Waals surface area contributed by atoms with Gasteiger partial charge in [0.2, 0.25) is 5.91 Å². The van der Waals surface area contributed by atoms with Crippen LogP contribution in [0.3, 0.4) is 0 Å². The fraction of sp³-hybridized carbons (Fsp3) is 0.417. The van der Waals surface area contributed by atoms with Gasteiger partial charge in [-0.25, -0.2) is 0 Å². The lowest BCUT2D eigenvalue weighted by molar-refractivity contribution is -0.124. The van der Waals surface area contributed by atoms with E-state index < -0.39 is 11.4 Å². The molecule has 0 aliphatic heterocycles. The number of nitrogens with one attached hydrogen (secondary N) is 1. The van der Waals surface area contributed by atoms with Crippen LogP contribution in [-0.4, -0.2) is 20.1 Å². The zero-order chi connectivity index (χ0) is 12.3. The maximum atomic E-state index is 11.5. The van der Waals surface area contributed by atoms with Crippen molar-refractivity contribution < 1.29 is 9.53 Å². The van der Waals surface area contributed by atoms with Gasteiger partial charge in [0.15, 0.2) is 0 Å². The fourth-order valence-electron chi connectivity index (χ4n) is 1.60. The van der Waals surface area contributed by atoms with Gasteiger partial charge in [0.25, 0.3) is 0 Å². The molecule has 0 fully saturated rings. The van der Waals surface area contributed by atoms with Crippen LogP contribution in [0.2, 0.25) is 0 Å². The molecule has 1 unspecified atom stereocenters. The highest BCUT2D eigenvalue weighted by molar-refractivity contribution is 5.86. The molecule has 1 amide bonds. The molecule has 0 spiro atoms. The summed E-state index contributed by atoms with van der Waals surface area (Å²) in [5.74, 6) is 0.222. The van der Waals surface area contributed by atoms with Gasteiger partial charge in [0.1, 0.15) is 11.3 Å². The third kappa shape index (κ3) is 2.02. The van der Waals surface area contributed by atoms with Gasteiger partial charge in [0, 0.05) is 5.56 Å². The van der Waals surface area contributed by atoms with E-state index in [-0.39, 0.29) is 0 Å². The number of ether oxygens (including phenoxy) is 1.